The van der Waals surface area contributed by atoms with Crippen molar-refractivity contribution in [2.75, 3.05) is 0 Å². The Morgan fingerprint density at radius 2 is 2.58 bits per heavy atom. The molecule has 1 fully saturated rings. The van der Waals surface area contributed by atoms with Gasteiger partial charge in [0.05, 0.1) is 5.01 Å². The lowest BCUT2D eigenvalue weighted by Crippen LogP contribution is -2.24. The van der Waals surface area contributed by atoms with Gasteiger partial charge in [0.2, 0.25) is 5.91 Å². The average Bonchev–Trinajstić information content (AvgIpc) is 2.58. The van der Waals surface area contributed by atoms with E-state index >= 15 is 0 Å². The molecule has 0 aromatic carbocycles. The van der Waals surface area contributed by atoms with E-state index < -0.39 is 0 Å². The van der Waals surface area contributed by atoms with Crippen molar-refractivity contribution >= 4 is 17.2 Å². The van der Waals surface area contributed by atoms with Crippen molar-refractivity contribution in [1.82, 2.24) is 10.3 Å². The molecule has 0 spiro atoms. The molecule has 2 heterocycles. The smallest absolute Gasteiger partial charge is 0.221 e. The van der Waals surface area contributed by atoms with Gasteiger partial charge in [-0.1, -0.05) is 0 Å². The standard InChI is InChI=1S/C8H10N2OS/c1-5-6(4-7(11)10-5)8-9-2-3-12-8/h2-3,5-6H,4H2,1H3,(H,10,11). The topological polar surface area (TPSA) is 42.0 Å². The maximum atomic E-state index is 11.0. The van der Waals surface area contributed by atoms with Crippen LogP contribution in [0.15, 0.2) is 11.6 Å². The molecule has 1 amide bonds. The minimum atomic E-state index is 0.141. The van der Waals surface area contributed by atoms with Crippen LogP contribution in [0, 0.1) is 0 Å². The molecule has 1 aliphatic heterocycles. The molecular weight excluding hydrogens is 172 g/mol. The summed E-state index contributed by atoms with van der Waals surface area (Å²) in [6.07, 6.45) is 2.38. The Kier molecular flexibility index (Phi) is 1.84. The first kappa shape index (κ1) is 7.73. The summed E-state index contributed by atoms with van der Waals surface area (Å²) in [5.74, 6) is 0.431. The van der Waals surface area contributed by atoms with Crippen molar-refractivity contribution in [1.29, 1.82) is 0 Å². The van der Waals surface area contributed by atoms with Gasteiger partial charge in [0, 0.05) is 30.0 Å². The number of hydrogen-bond acceptors (Lipinski definition) is 3. The fourth-order valence-corrected chi connectivity index (χ4v) is 2.35. The van der Waals surface area contributed by atoms with Crippen molar-refractivity contribution in [3.63, 3.8) is 0 Å². The fraction of sp³-hybridized carbons (Fsp3) is 0.500. The lowest BCUT2D eigenvalue weighted by molar-refractivity contribution is -0.119. The number of carbonyl (C=O) groups is 1. The molecule has 4 heteroatoms. The maximum absolute atomic E-state index is 11.0. The molecule has 64 valence electrons. The van der Waals surface area contributed by atoms with E-state index in [-0.39, 0.29) is 17.9 Å². The molecule has 1 aromatic rings. The molecule has 2 atom stereocenters. The Morgan fingerprint density at radius 1 is 1.75 bits per heavy atom. The zero-order valence-corrected chi connectivity index (χ0v) is 7.60. The van der Waals surface area contributed by atoms with Crippen molar-refractivity contribution in [2.45, 2.75) is 25.3 Å². The molecule has 3 nitrogen and oxygen atoms in total. The average molecular weight is 182 g/mol. The van der Waals surface area contributed by atoms with Gasteiger partial charge < -0.3 is 5.32 Å². The number of carbonyl (C=O) groups excluding carboxylic acids is 1. The monoisotopic (exact) mass is 182 g/mol. The lowest BCUT2D eigenvalue weighted by Gasteiger charge is -2.09. The van der Waals surface area contributed by atoms with Gasteiger partial charge >= 0.3 is 0 Å². The van der Waals surface area contributed by atoms with E-state index in [0.29, 0.717) is 6.42 Å². The summed E-state index contributed by atoms with van der Waals surface area (Å²) < 4.78 is 0. The van der Waals surface area contributed by atoms with Gasteiger partial charge in [-0.25, -0.2) is 4.98 Å². The van der Waals surface area contributed by atoms with Crippen LogP contribution in [0.4, 0.5) is 0 Å². The second-order valence-corrected chi connectivity index (χ2v) is 3.96. The van der Waals surface area contributed by atoms with Crippen LogP contribution in [0.2, 0.25) is 0 Å². The third-order valence-corrected chi connectivity index (χ3v) is 3.07. The molecule has 12 heavy (non-hydrogen) atoms. The van der Waals surface area contributed by atoms with E-state index in [2.05, 4.69) is 10.3 Å². The highest BCUT2D eigenvalue weighted by Gasteiger charge is 2.31. The van der Waals surface area contributed by atoms with E-state index in [0.717, 1.165) is 5.01 Å². The third-order valence-electron chi connectivity index (χ3n) is 2.17. The van der Waals surface area contributed by atoms with Crippen LogP contribution in [-0.4, -0.2) is 16.9 Å². The zero-order chi connectivity index (χ0) is 8.55. The first-order chi connectivity index (χ1) is 5.77. The third kappa shape index (κ3) is 1.22. The van der Waals surface area contributed by atoms with Crippen LogP contribution in [0.5, 0.6) is 0 Å². The molecule has 0 bridgehead atoms. The minimum absolute atomic E-state index is 0.141. The number of hydrogen-bond donors (Lipinski definition) is 1. The lowest BCUT2D eigenvalue weighted by atomic mass is 10.0. The molecule has 1 saturated heterocycles. The zero-order valence-electron chi connectivity index (χ0n) is 6.78. The van der Waals surface area contributed by atoms with Crippen molar-refractivity contribution < 1.29 is 4.79 Å². The second-order valence-electron chi connectivity index (χ2n) is 3.04. The molecule has 1 aromatic heterocycles. The highest BCUT2D eigenvalue weighted by Crippen LogP contribution is 2.29. The van der Waals surface area contributed by atoms with E-state index in [4.69, 9.17) is 0 Å². The SMILES string of the molecule is CC1NC(=O)CC1c1nccs1. The summed E-state index contributed by atoms with van der Waals surface area (Å²) in [5, 5.41) is 5.90. The van der Waals surface area contributed by atoms with Gasteiger partial charge in [-0.05, 0) is 6.92 Å². The van der Waals surface area contributed by atoms with Gasteiger partial charge in [-0.2, -0.15) is 0 Å². The van der Waals surface area contributed by atoms with Gasteiger partial charge in [0.25, 0.3) is 0 Å². The Morgan fingerprint density at radius 3 is 3.08 bits per heavy atom. The minimum Gasteiger partial charge on any atom is -0.353 e. The fourth-order valence-electron chi connectivity index (χ4n) is 1.51. The largest absolute Gasteiger partial charge is 0.353 e. The summed E-state index contributed by atoms with van der Waals surface area (Å²) in [4.78, 5) is 15.2. The van der Waals surface area contributed by atoms with Crippen molar-refractivity contribution in [3.05, 3.63) is 16.6 Å². The van der Waals surface area contributed by atoms with Crippen LogP contribution >= 0.6 is 11.3 Å². The highest BCUT2D eigenvalue weighted by molar-refractivity contribution is 7.09. The van der Waals surface area contributed by atoms with Gasteiger partial charge in [-0.3, -0.25) is 4.79 Å². The molecule has 0 saturated carbocycles. The quantitative estimate of drug-likeness (QED) is 0.707. The predicted octanol–water partition coefficient (Wildman–Crippen LogP) is 1.14. The highest BCUT2D eigenvalue weighted by atomic mass is 32.1. The number of nitrogens with one attached hydrogen (secondary N) is 1. The van der Waals surface area contributed by atoms with E-state index in [9.17, 15) is 4.79 Å². The summed E-state index contributed by atoms with van der Waals surface area (Å²) in [7, 11) is 0. The Labute approximate surface area is 74.8 Å². The number of nitrogens with zero attached hydrogens (tertiary/aromatic N) is 1. The van der Waals surface area contributed by atoms with Crippen molar-refractivity contribution in [2.24, 2.45) is 0 Å². The second kappa shape index (κ2) is 2.86. The van der Waals surface area contributed by atoms with Crippen LogP contribution < -0.4 is 5.32 Å². The molecule has 0 aliphatic carbocycles. The summed E-state index contributed by atoms with van der Waals surface area (Å²) in [6.45, 7) is 2.02. The molecule has 1 N–H and O–H groups in total. The number of amides is 1. The molecule has 1 aliphatic rings. The number of aromatic nitrogens is 1. The van der Waals surface area contributed by atoms with Gasteiger partial charge in [0.15, 0.2) is 0 Å². The van der Waals surface area contributed by atoms with E-state index in [1.165, 1.54) is 0 Å². The summed E-state index contributed by atoms with van der Waals surface area (Å²) >= 11 is 1.62. The molecular formula is C8H10N2OS. The van der Waals surface area contributed by atoms with Crippen LogP contribution in [0.3, 0.4) is 0 Å². The number of thiazole rings is 1. The predicted molar refractivity (Wildman–Crippen MR) is 47.1 cm³/mol. The van der Waals surface area contributed by atoms with E-state index in [1.54, 1.807) is 17.5 Å². The number of rotatable bonds is 1. The van der Waals surface area contributed by atoms with Gasteiger partial charge in [-0.15, -0.1) is 11.3 Å². The molecule has 2 rings (SSSR count). The van der Waals surface area contributed by atoms with E-state index in [1.807, 2.05) is 12.3 Å². The maximum Gasteiger partial charge on any atom is 0.221 e. The molecule has 2 unspecified atom stereocenters. The van der Waals surface area contributed by atoms with Crippen molar-refractivity contribution in [3.8, 4) is 0 Å². The summed E-state index contributed by atoms with van der Waals surface area (Å²) in [5.41, 5.74) is 0. The van der Waals surface area contributed by atoms with Crippen LogP contribution in [0.1, 0.15) is 24.3 Å². The van der Waals surface area contributed by atoms with Gasteiger partial charge in [0.1, 0.15) is 0 Å². The normalized spacial score (nSPS) is 28.9. The first-order valence-electron chi connectivity index (χ1n) is 3.96. The summed E-state index contributed by atoms with van der Waals surface area (Å²) in [6, 6.07) is 0.239. The van der Waals surface area contributed by atoms with Crippen LogP contribution in [-0.2, 0) is 4.79 Å². The molecule has 0 radical (unpaired) electrons. The Hall–Kier alpha value is -0.900. The van der Waals surface area contributed by atoms with Crippen LogP contribution in [0.25, 0.3) is 0 Å². The Balaban J connectivity index is 2.20. The Bertz CT molecular complexity index is 283. The first-order valence-corrected chi connectivity index (χ1v) is 4.84.